The van der Waals surface area contributed by atoms with Gasteiger partial charge >= 0.3 is 0 Å². The third-order valence-corrected chi connectivity index (χ3v) is 4.13. The van der Waals surface area contributed by atoms with Crippen LogP contribution in [0.2, 0.25) is 0 Å². The van der Waals surface area contributed by atoms with Gasteiger partial charge in [-0.3, -0.25) is 4.79 Å². The summed E-state index contributed by atoms with van der Waals surface area (Å²) in [6, 6.07) is 15.3. The Hall–Kier alpha value is -2.66. The maximum absolute atomic E-state index is 12.1. The summed E-state index contributed by atoms with van der Waals surface area (Å²) >= 11 is 1.55. The van der Waals surface area contributed by atoms with E-state index in [0.717, 1.165) is 15.2 Å². The van der Waals surface area contributed by atoms with E-state index in [1.54, 1.807) is 17.4 Å². The zero-order valence-corrected chi connectivity index (χ0v) is 13.5. The van der Waals surface area contributed by atoms with Gasteiger partial charge in [-0.15, -0.1) is 11.3 Å². The molecule has 0 bridgehead atoms. The molecule has 1 amide bonds. The minimum absolute atomic E-state index is 0.212. The molecule has 0 aliphatic rings. The quantitative estimate of drug-likeness (QED) is 0.710. The highest BCUT2D eigenvalue weighted by Gasteiger charge is 2.05. The van der Waals surface area contributed by atoms with Gasteiger partial charge < -0.3 is 10.1 Å². The van der Waals surface area contributed by atoms with Crippen molar-refractivity contribution in [3.05, 3.63) is 59.6 Å². The molecule has 3 aromatic rings. The molecule has 1 N–H and O–H groups in total. The van der Waals surface area contributed by atoms with Crippen molar-refractivity contribution in [3.8, 4) is 5.75 Å². The minimum Gasteiger partial charge on any atom is -0.492 e. The van der Waals surface area contributed by atoms with Crippen LogP contribution in [0.4, 0.5) is 5.69 Å². The topological polar surface area (TPSA) is 51.2 Å². The molecule has 0 aliphatic carbocycles. The number of hydrogen-bond acceptors (Lipinski definition) is 4. The molecule has 1 heterocycles. The van der Waals surface area contributed by atoms with Crippen molar-refractivity contribution in [1.29, 1.82) is 0 Å². The van der Waals surface area contributed by atoms with Crippen LogP contribution in [-0.2, 0) is 4.79 Å². The molecule has 0 aliphatic heterocycles. The van der Waals surface area contributed by atoms with Crippen LogP contribution in [0.25, 0.3) is 16.3 Å². The van der Waals surface area contributed by atoms with Gasteiger partial charge in [-0.25, -0.2) is 4.98 Å². The first kappa shape index (κ1) is 15.2. The monoisotopic (exact) mass is 324 g/mol. The summed E-state index contributed by atoms with van der Waals surface area (Å²) in [5, 5.41) is 3.63. The number of nitrogens with zero attached hydrogens (tertiary/aromatic N) is 1. The van der Waals surface area contributed by atoms with E-state index in [9.17, 15) is 4.79 Å². The molecule has 3 rings (SSSR count). The number of rotatable bonds is 5. The van der Waals surface area contributed by atoms with E-state index in [1.165, 1.54) is 6.08 Å². The molecule has 116 valence electrons. The Kier molecular flexibility index (Phi) is 4.68. The summed E-state index contributed by atoms with van der Waals surface area (Å²) in [7, 11) is 0. The lowest BCUT2D eigenvalue weighted by atomic mass is 10.3. The molecule has 0 radical (unpaired) electrons. The van der Waals surface area contributed by atoms with Gasteiger partial charge in [0.15, 0.2) is 0 Å². The maximum atomic E-state index is 12.1. The van der Waals surface area contributed by atoms with E-state index in [1.807, 2.05) is 55.5 Å². The maximum Gasteiger partial charge on any atom is 0.248 e. The predicted molar refractivity (Wildman–Crippen MR) is 94.9 cm³/mol. The Morgan fingerprint density at radius 1 is 1.22 bits per heavy atom. The van der Waals surface area contributed by atoms with Crippen molar-refractivity contribution in [1.82, 2.24) is 4.98 Å². The van der Waals surface area contributed by atoms with E-state index < -0.39 is 0 Å². The number of nitrogens with one attached hydrogen (secondary N) is 1. The highest BCUT2D eigenvalue weighted by molar-refractivity contribution is 7.19. The van der Waals surface area contributed by atoms with Crippen molar-refractivity contribution in [3.63, 3.8) is 0 Å². The van der Waals surface area contributed by atoms with E-state index in [4.69, 9.17) is 4.74 Å². The van der Waals surface area contributed by atoms with Gasteiger partial charge in [0.25, 0.3) is 0 Å². The van der Waals surface area contributed by atoms with E-state index in [0.29, 0.717) is 18.0 Å². The smallest absolute Gasteiger partial charge is 0.248 e. The van der Waals surface area contributed by atoms with Gasteiger partial charge in [0.1, 0.15) is 10.8 Å². The molecule has 4 nitrogen and oxygen atoms in total. The number of carbonyl (C=O) groups excluding carboxylic acids is 1. The van der Waals surface area contributed by atoms with E-state index >= 15 is 0 Å². The van der Waals surface area contributed by atoms with Gasteiger partial charge in [-0.05, 0) is 37.3 Å². The third kappa shape index (κ3) is 3.76. The highest BCUT2D eigenvalue weighted by atomic mass is 32.1. The van der Waals surface area contributed by atoms with Crippen molar-refractivity contribution < 1.29 is 9.53 Å². The summed E-state index contributed by atoms with van der Waals surface area (Å²) in [4.78, 5) is 16.5. The first-order chi connectivity index (χ1) is 11.3. The first-order valence-corrected chi connectivity index (χ1v) is 8.14. The number of amides is 1. The molecule has 0 atom stereocenters. The lowest BCUT2D eigenvalue weighted by molar-refractivity contribution is -0.111. The second kappa shape index (κ2) is 7.07. The standard InChI is InChI=1S/C18H16N2O2S/c1-2-22-15-9-5-3-7-13(15)19-17(21)11-12-18-20-14-8-4-6-10-16(14)23-18/h3-12H,2H2,1H3,(H,19,21)/b12-11+. The Morgan fingerprint density at radius 3 is 2.83 bits per heavy atom. The second-order valence-electron chi connectivity index (χ2n) is 4.77. The lowest BCUT2D eigenvalue weighted by Crippen LogP contribution is -2.09. The van der Waals surface area contributed by atoms with Gasteiger partial charge in [-0.1, -0.05) is 24.3 Å². The number of aromatic nitrogens is 1. The van der Waals surface area contributed by atoms with Crippen LogP contribution in [0.3, 0.4) is 0 Å². The third-order valence-electron chi connectivity index (χ3n) is 3.13. The summed E-state index contributed by atoms with van der Waals surface area (Å²) in [5.41, 5.74) is 1.60. The number of benzene rings is 2. The molecular weight excluding hydrogens is 308 g/mol. The van der Waals surface area contributed by atoms with Crippen molar-refractivity contribution >= 4 is 39.2 Å². The number of ether oxygens (including phenoxy) is 1. The number of carbonyl (C=O) groups is 1. The normalized spacial score (nSPS) is 11.0. The largest absolute Gasteiger partial charge is 0.492 e. The fourth-order valence-electron chi connectivity index (χ4n) is 2.13. The predicted octanol–water partition coefficient (Wildman–Crippen LogP) is 4.35. The Balaban J connectivity index is 1.71. The molecular formula is C18H16N2O2S. The SMILES string of the molecule is CCOc1ccccc1NC(=O)/C=C/c1nc2ccccc2s1. The molecule has 2 aromatic carbocycles. The summed E-state index contributed by atoms with van der Waals surface area (Å²) in [5.74, 6) is 0.452. The van der Waals surface area contributed by atoms with Crippen molar-refractivity contribution in [2.24, 2.45) is 0 Å². The molecule has 23 heavy (non-hydrogen) atoms. The van der Waals surface area contributed by atoms with Gasteiger partial charge in [0, 0.05) is 6.08 Å². The fourth-order valence-corrected chi connectivity index (χ4v) is 3.00. The molecule has 0 saturated carbocycles. The summed E-state index contributed by atoms with van der Waals surface area (Å²) in [6.45, 7) is 2.46. The zero-order valence-electron chi connectivity index (χ0n) is 12.7. The van der Waals surface area contributed by atoms with Gasteiger partial charge in [0.2, 0.25) is 5.91 Å². The van der Waals surface area contributed by atoms with Gasteiger partial charge in [-0.2, -0.15) is 0 Å². The minimum atomic E-state index is -0.212. The highest BCUT2D eigenvalue weighted by Crippen LogP contribution is 2.24. The van der Waals surface area contributed by atoms with Crippen LogP contribution in [0.1, 0.15) is 11.9 Å². The van der Waals surface area contributed by atoms with Crippen LogP contribution >= 0.6 is 11.3 Å². The molecule has 0 unspecified atom stereocenters. The number of hydrogen-bond donors (Lipinski definition) is 1. The second-order valence-corrected chi connectivity index (χ2v) is 5.83. The van der Waals surface area contributed by atoms with Crippen LogP contribution in [0, 0.1) is 0 Å². The molecule has 5 heteroatoms. The molecule has 0 spiro atoms. The summed E-state index contributed by atoms with van der Waals surface area (Å²) < 4.78 is 6.60. The summed E-state index contributed by atoms with van der Waals surface area (Å²) in [6.07, 6.45) is 3.21. The fraction of sp³-hybridized carbons (Fsp3) is 0.111. The average molecular weight is 324 g/mol. The van der Waals surface area contributed by atoms with E-state index in [2.05, 4.69) is 10.3 Å². The first-order valence-electron chi connectivity index (χ1n) is 7.32. The Morgan fingerprint density at radius 2 is 2.00 bits per heavy atom. The Bertz CT molecular complexity index is 822. The van der Waals surface area contributed by atoms with Crippen molar-refractivity contribution in [2.45, 2.75) is 6.92 Å². The number of anilines is 1. The van der Waals surface area contributed by atoms with Crippen LogP contribution in [-0.4, -0.2) is 17.5 Å². The van der Waals surface area contributed by atoms with Crippen LogP contribution in [0.5, 0.6) is 5.75 Å². The average Bonchev–Trinajstić information content (AvgIpc) is 2.98. The molecule has 0 fully saturated rings. The molecule has 0 saturated heterocycles. The zero-order chi connectivity index (χ0) is 16.1. The number of fused-ring (bicyclic) bond motifs is 1. The van der Waals surface area contributed by atoms with Gasteiger partial charge in [0.05, 0.1) is 22.5 Å². The number of para-hydroxylation sites is 3. The Labute approximate surface area is 138 Å². The van der Waals surface area contributed by atoms with E-state index in [-0.39, 0.29) is 5.91 Å². The molecule has 1 aromatic heterocycles. The van der Waals surface area contributed by atoms with Crippen LogP contribution in [0.15, 0.2) is 54.6 Å². The van der Waals surface area contributed by atoms with Crippen molar-refractivity contribution in [2.75, 3.05) is 11.9 Å². The lowest BCUT2D eigenvalue weighted by Gasteiger charge is -2.09. The van der Waals surface area contributed by atoms with Crippen LogP contribution < -0.4 is 10.1 Å². The number of thiazole rings is 1.